The van der Waals surface area contributed by atoms with Crippen molar-refractivity contribution >= 4 is 0 Å². The van der Waals surface area contributed by atoms with Crippen molar-refractivity contribution < 1.29 is 4.74 Å². The molecule has 0 heterocycles. The minimum atomic E-state index is 0.0656. The maximum atomic E-state index is 5.57. The summed E-state index contributed by atoms with van der Waals surface area (Å²) in [5, 5.41) is 0. The standard InChI is InChI=1S/C12H16O/c1-9-5-4-6-11(10(9)2)12(13-3)7-8-12/h4-6H,7-8H2,1-3H3. The molecular formula is C12H16O. The third-order valence-electron chi connectivity index (χ3n) is 3.19. The first kappa shape index (κ1) is 8.76. The quantitative estimate of drug-likeness (QED) is 0.673. The zero-order chi connectivity index (χ0) is 9.47. The lowest BCUT2D eigenvalue weighted by molar-refractivity contribution is 0.0783. The summed E-state index contributed by atoms with van der Waals surface area (Å²) in [6.07, 6.45) is 2.35. The number of methoxy groups -OCH3 is 1. The van der Waals surface area contributed by atoms with E-state index >= 15 is 0 Å². The Bertz CT molecular complexity index is 324. The normalized spacial score (nSPS) is 18.7. The fourth-order valence-electron chi connectivity index (χ4n) is 1.94. The molecule has 1 aliphatic carbocycles. The fourth-order valence-corrected chi connectivity index (χ4v) is 1.94. The molecule has 1 aromatic carbocycles. The van der Waals surface area contributed by atoms with E-state index in [1.807, 2.05) is 7.11 Å². The average molecular weight is 176 g/mol. The van der Waals surface area contributed by atoms with Gasteiger partial charge in [0.1, 0.15) is 0 Å². The first-order chi connectivity index (χ1) is 6.19. The molecular weight excluding hydrogens is 160 g/mol. The lowest BCUT2D eigenvalue weighted by Crippen LogP contribution is -2.11. The number of hydrogen-bond acceptors (Lipinski definition) is 1. The Morgan fingerprint density at radius 2 is 1.92 bits per heavy atom. The van der Waals surface area contributed by atoms with Gasteiger partial charge in [-0.05, 0) is 43.4 Å². The van der Waals surface area contributed by atoms with Crippen LogP contribution >= 0.6 is 0 Å². The molecule has 0 atom stereocenters. The predicted octanol–water partition coefficient (Wildman–Crippen LogP) is 2.94. The lowest BCUT2D eigenvalue weighted by atomic mass is 9.98. The van der Waals surface area contributed by atoms with E-state index < -0.39 is 0 Å². The van der Waals surface area contributed by atoms with Gasteiger partial charge in [0.25, 0.3) is 0 Å². The van der Waals surface area contributed by atoms with Crippen molar-refractivity contribution in [3.8, 4) is 0 Å². The molecule has 1 heteroatoms. The highest BCUT2D eigenvalue weighted by Gasteiger charge is 2.45. The molecule has 0 saturated heterocycles. The summed E-state index contributed by atoms with van der Waals surface area (Å²) in [6, 6.07) is 6.47. The first-order valence-electron chi connectivity index (χ1n) is 4.81. The molecule has 2 rings (SSSR count). The molecule has 0 bridgehead atoms. The van der Waals surface area contributed by atoms with Crippen LogP contribution in [0.1, 0.15) is 29.5 Å². The zero-order valence-electron chi connectivity index (χ0n) is 8.55. The smallest absolute Gasteiger partial charge is 0.0932 e. The van der Waals surface area contributed by atoms with Crippen LogP contribution < -0.4 is 0 Å². The molecule has 0 aliphatic heterocycles. The van der Waals surface area contributed by atoms with Gasteiger partial charge < -0.3 is 4.74 Å². The molecule has 0 amide bonds. The fraction of sp³-hybridized carbons (Fsp3) is 0.500. The Balaban J connectivity index is 2.46. The Hall–Kier alpha value is -0.820. The predicted molar refractivity (Wildman–Crippen MR) is 53.8 cm³/mol. The van der Waals surface area contributed by atoms with E-state index in [-0.39, 0.29) is 5.60 Å². The Labute approximate surface area is 79.7 Å². The maximum Gasteiger partial charge on any atom is 0.0932 e. The Kier molecular flexibility index (Phi) is 1.92. The van der Waals surface area contributed by atoms with Crippen LogP contribution in [0, 0.1) is 13.8 Å². The van der Waals surface area contributed by atoms with E-state index in [1.54, 1.807) is 0 Å². The summed E-state index contributed by atoms with van der Waals surface area (Å²) >= 11 is 0. The van der Waals surface area contributed by atoms with E-state index in [1.165, 1.54) is 29.5 Å². The second kappa shape index (κ2) is 2.85. The van der Waals surface area contributed by atoms with Gasteiger partial charge in [0.2, 0.25) is 0 Å². The van der Waals surface area contributed by atoms with Crippen LogP contribution in [0.4, 0.5) is 0 Å². The van der Waals surface area contributed by atoms with Crippen molar-refractivity contribution in [2.45, 2.75) is 32.3 Å². The molecule has 0 aromatic heterocycles. The van der Waals surface area contributed by atoms with Crippen LogP contribution in [0.2, 0.25) is 0 Å². The van der Waals surface area contributed by atoms with Gasteiger partial charge in [-0.1, -0.05) is 18.2 Å². The van der Waals surface area contributed by atoms with Gasteiger partial charge in [0.15, 0.2) is 0 Å². The van der Waals surface area contributed by atoms with Gasteiger partial charge in [0.05, 0.1) is 5.60 Å². The zero-order valence-corrected chi connectivity index (χ0v) is 8.55. The van der Waals surface area contributed by atoms with Gasteiger partial charge >= 0.3 is 0 Å². The average Bonchev–Trinajstić information content (AvgIpc) is 2.90. The third kappa shape index (κ3) is 1.28. The van der Waals surface area contributed by atoms with Crippen LogP contribution in [0.15, 0.2) is 18.2 Å². The minimum absolute atomic E-state index is 0.0656. The summed E-state index contributed by atoms with van der Waals surface area (Å²) in [6.45, 7) is 4.34. The molecule has 0 spiro atoms. The number of hydrogen-bond donors (Lipinski definition) is 0. The van der Waals surface area contributed by atoms with E-state index in [0.717, 1.165) is 0 Å². The van der Waals surface area contributed by atoms with Crippen molar-refractivity contribution in [2.24, 2.45) is 0 Å². The van der Waals surface area contributed by atoms with Crippen molar-refractivity contribution in [2.75, 3.05) is 7.11 Å². The first-order valence-corrected chi connectivity index (χ1v) is 4.81. The molecule has 1 nitrogen and oxygen atoms in total. The van der Waals surface area contributed by atoms with Gasteiger partial charge in [-0.15, -0.1) is 0 Å². The van der Waals surface area contributed by atoms with Crippen LogP contribution in [0.3, 0.4) is 0 Å². The summed E-state index contributed by atoms with van der Waals surface area (Å²) in [7, 11) is 1.81. The van der Waals surface area contributed by atoms with Crippen molar-refractivity contribution in [1.29, 1.82) is 0 Å². The Morgan fingerprint density at radius 1 is 1.23 bits per heavy atom. The van der Waals surface area contributed by atoms with E-state index in [2.05, 4.69) is 32.0 Å². The van der Waals surface area contributed by atoms with E-state index in [0.29, 0.717) is 0 Å². The summed E-state index contributed by atoms with van der Waals surface area (Å²) < 4.78 is 5.57. The van der Waals surface area contributed by atoms with Gasteiger partial charge in [-0.2, -0.15) is 0 Å². The molecule has 1 fully saturated rings. The highest BCUT2D eigenvalue weighted by Crippen LogP contribution is 2.49. The number of rotatable bonds is 2. The number of benzene rings is 1. The number of ether oxygens (including phenoxy) is 1. The van der Waals surface area contributed by atoms with Crippen molar-refractivity contribution in [1.82, 2.24) is 0 Å². The van der Waals surface area contributed by atoms with Crippen LogP contribution in [0.5, 0.6) is 0 Å². The van der Waals surface area contributed by atoms with Gasteiger partial charge in [0, 0.05) is 7.11 Å². The van der Waals surface area contributed by atoms with Gasteiger partial charge in [-0.3, -0.25) is 0 Å². The maximum absolute atomic E-state index is 5.57. The van der Waals surface area contributed by atoms with Crippen LogP contribution in [0.25, 0.3) is 0 Å². The van der Waals surface area contributed by atoms with Gasteiger partial charge in [-0.25, -0.2) is 0 Å². The molecule has 0 radical (unpaired) electrons. The van der Waals surface area contributed by atoms with Crippen molar-refractivity contribution in [3.63, 3.8) is 0 Å². The molecule has 1 aliphatic rings. The molecule has 0 unspecified atom stereocenters. The molecule has 0 N–H and O–H groups in total. The monoisotopic (exact) mass is 176 g/mol. The van der Waals surface area contributed by atoms with Crippen molar-refractivity contribution in [3.05, 3.63) is 34.9 Å². The number of aryl methyl sites for hydroxylation is 1. The second-order valence-electron chi connectivity index (χ2n) is 3.95. The third-order valence-corrected chi connectivity index (χ3v) is 3.19. The highest BCUT2D eigenvalue weighted by molar-refractivity contribution is 5.39. The van der Waals surface area contributed by atoms with E-state index in [9.17, 15) is 0 Å². The minimum Gasteiger partial charge on any atom is -0.374 e. The van der Waals surface area contributed by atoms with Crippen LogP contribution in [-0.4, -0.2) is 7.11 Å². The van der Waals surface area contributed by atoms with Crippen LogP contribution in [-0.2, 0) is 10.3 Å². The molecule has 13 heavy (non-hydrogen) atoms. The molecule has 1 saturated carbocycles. The highest BCUT2D eigenvalue weighted by atomic mass is 16.5. The summed E-state index contributed by atoms with van der Waals surface area (Å²) in [5.41, 5.74) is 4.20. The summed E-state index contributed by atoms with van der Waals surface area (Å²) in [5.74, 6) is 0. The SMILES string of the molecule is COC1(c2cccc(C)c2C)CC1. The topological polar surface area (TPSA) is 9.23 Å². The Morgan fingerprint density at radius 3 is 2.46 bits per heavy atom. The molecule has 70 valence electrons. The largest absolute Gasteiger partial charge is 0.374 e. The lowest BCUT2D eigenvalue weighted by Gasteiger charge is -2.17. The van der Waals surface area contributed by atoms with E-state index in [4.69, 9.17) is 4.74 Å². The summed E-state index contributed by atoms with van der Waals surface area (Å²) in [4.78, 5) is 0. The second-order valence-corrected chi connectivity index (χ2v) is 3.95. The molecule has 1 aromatic rings.